The second kappa shape index (κ2) is 6.49. The molecular formula is C17H22N2O5S. The van der Waals surface area contributed by atoms with Gasteiger partial charge in [0.05, 0.1) is 11.5 Å². The minimum atomic E-state index is -2.83. The zero-order valence-corrected chi connectivity index (χ0v) is 14.8. The third kappa shape index (κ3) is 3.46. The summed E-state index contributed by atoms with van der Waals surface area (Å²) < 4.78 is 33.8. The number of carbonyl (C=O) groups excluding carboxylic acids is 1. The van der Waals surface area contributed by atoms with Gasteiger partial charge in [-0.05, 0) is 31.0 Å². The topological polar surface area (TPSA) is 76.2 Å². The van der Waals surface area contributed by atoms with E-state index in [0.29, 0.717) is 49.0 Å². The zero-order chi connectivity index (χ0) is 17.4. The third-order valence-electron chi connectivity index (χ3n) is 5.26. The highest BCUT2D eigenvalue weighted by Crippen LogP contribution is 2.33. The van der Waals surface area contributed by atoms with Gasteiger partial charge in [-0.2, -0.15) is 0 Å². The number of ether oxygens (including phenoxy) is 2. The van der Waals surface area contributed by atoms with Crippen molar-refractivity contribution in [3.8, 4) is 11.5 Å². The molecule has 2 saturated heterocycles. The van der Waals surface area contributed by atoms with Gasteiger partial charge in [0, 0.05) is 37.8 Å². The molecule has 0 spiro atoms. The molecule has 2 fully saturated rings. The molecule has 25 heavy (non-hydrogen) atoms. The molecule has 1 amide bonds. The Morgan fingerprint density at radius 1 is 1.00 bits per heavy atom. The molecule has 4 rings (SSSR count). The number of piperazine rings is 1. The van der Waals surface area contributed by atoms with Gasteiger partial charge >= 0.3 is 0 Å². The summed E-state index contributed by atoms with van der Waals surface area (Å²) in [6, 6.07) is 5.61. The van der Waals surface area contributed by atoms with E-state index < -0.39 is 9.84 Å². The van der Waals surface area contributed by atoms with Gasteiger partial charge in [0.25, 0.3) is 5.91 Å². The molecular weight excluding hydrogens is 344 g/mol. The summed E-state index contributed by atoms with van der Waals surface area (Å²) in [6.07, 6.45) is 1.41. The minimum Gasteiger partial charge on any atom is -0.454 e. The van der Waals surface area contributed by atoms with Gasteiger partial charge in [-0.3, -0.25) is 9.69 Å². The first-order valence-electron chi connectivity index (χ1n) is 8.65. The van der Waals surface area contributed by atoms with Gasteiger partial charge in [-0.15, -0.1) is 0 Å². The standard InChI is InChI=1S/C17H22N2O5S/c20-17(13-1-2-15-16(11-13)24-12-23-15)19-7-5-18(6-8-19)14-3-9-25(21,22)10-4-14/h1-2,11,14H,3-10,12H2. The first-order valence-corrected chi connectivity index (χ1v) is 10.5. The van der Waals surface area contributed by atoms with Crippen molar-refractivity contribution in [3.05, 3.63) is 23.8 Å². The van der Waals surface area contributed by atoms with Crippen LogP contribution in [0.25, 0.3) is 0 Å². The Morgan fingerprint density at radius 3 is 2.40 bits per heavy atom. The lowest BCUT2D eigenvalue weighted by molar-refractivity contribution is 0.0557. The van der Waals surface area contributed by atoms with Gasteiger partial charge in [-0.25, -0.2) is 8.42 Å². The fourth-order valence-electron chi connectivity index (χ4n) is 3.75. The predicted octanol–water partition coefficient (Wildman–Crippen LogP) is 0.750. The quantitative estimate of drug-likeness (QED) is 0.769. The Bertz CT molecular complexity index is 757. The molecule has 3 heterocycles. The number of carbonyl (C=O) groups is 1. The summed E-state index contributed by atoms with van der Waals surface area (Å²) in [4.78, 5) is 16.9. The van der Waals surface area contributed by atoms with Crippen LogP contribution in [0.2, 0.25) is 0 Å². The van der Waals surface area contributed by atoms with E-state index in [-0.39, 0.29) is 24.2 Å². The van der Waals surface area contributed by atoms with E-state index in [4.69, 9.17) is 9.47 Å². The minimum absolute atomic E-state index is 0.00386. The maximum Gasteiger partial charge on any atom is 0.254 e. The smallest absolute Gasteiger partial charge is 0.254 e. The van der Waals surface area contributed by atoms with Crippen molar-refractivity contribution < 1.29 is 22.7 Å². The summed E-state index contributed by atoms with van der Waals surface area (Å²) in [5.41, 5.74) is 0.612. The summed E-state index contributed by atoms with van der Waals surface area (Å²) >= 11 is 0. The molecule has 0 aromatic heterocycles. The van der Waals surface area contributed by atoms with Gasteiger partial charge in [0.15, 0.2) is 11.5 Å². The molecule has 3 aliphatic rings. The number of rotatable bonds is 2. The van der Waals surface area contributed by atoms with Crippen molar-refractivity contribution in [2.75, 3.05) is 44.5 Å². The number of amides is 1. The van der Waals surface area contributed by atoms with Crippen LogP contribution in [-0.4, -0.2) is 74.6 Å². The van der Waals surface area contributed by atoms with Crippen LogP contribution in [0.5, 0.6) is 11.5 Å². The molecule has 0 saturated carbocycles. The number of hydrogen-bond donors (Lipinski definition) is 0. The molecule has 8 heteroatoms. The van der Waals surface area contributed by atoms with Crippen LogP contribution in [0.3, 0.4) is 0 Å². The molecule has 0 unspecified atom stereocenters. The highest BCUT2D eigenvalue weighted by Gasteiger charge is 2.31. The Kier molecular flexibility index (Phi) is 4.33. The van der Waals surface area contributed by atoms with Crippen LogP contribution in [0.15, 0.2) is 18.2 Å². The van der Waals surface area contributed by atoms with E-state index >= 15 is 0 Å². The van der Waals surface area contributed by atoms with Crippen LogP contribution < -0.4 is 9.47 Å². The molecule has 3 aliphatic heterocycles. The molecule has 0 atom stereocenters. The highest BCUT2D eigenvalue weighted by molar-refractivity contribution is 7.91. The average Bonchev–Trinajstić information content (AvgIpc) is 3.09. The molecule has 7 nitrogen and oxygen atoms in total. The van der Waals surface area contributed by atoms with Gasteiger partial charge in [0.1, 0.15) is 9.84 Å². The summed E-state index contributed by atoms with van der Waals surface area (Å²) in [6.45, 7) is 3.11. The maximum absolute atomic E-state index is 12.7. The Morgan fingerprint density at radius 2 is 1.68 bits per heavy atom. The van der Waals surface area contributed by atoms with Crippen LogP contribution in [0.1, 0.15) is 23.2 Å². The number of nitrogens with zero attached hydrogens (tertiary/aromatic N) is 2. The highest BCUT2D eigenvalue weighted by atomic mass is 32.2. The largest absolute Gasteiger partial charge is 0.454 e. The lowest BCUT2D eigenvalue weighted by Crippen LogP contribution is -2.53. The van der Waals surface area contributed by atoms with E-state index in [1.165, 1.54) is 0 Å². The van der Waals surface area contributed by atoms with Crippen LogP contribution >= 0.6 is 0 Å². The summed E-state index contributed by atoms with van der Waals surface area (Å²) in [5.74, 6) is 1.87. The number of sulfone groups is 1. The molecule has 1 aromatic carbocycles. The second-order valence-electron chi connectivity index (χ2n) is 6.78. The second-order valence-corrected chi connectivity index (χ2v) is 9.08. The van der Waals surface area contributed by atoms with E-state index in [2.05, 4.69) is 4.90 Å². The summed E-state index contributed by atoms with van der Waals surface area (Å²) in [7, 11) is -2.83. The molecule has 0 bridgehead atoms. The number of fused-ring (bicyclic) bond motifs is 1. The van der Waals surface area contributed by atoms with Crippen molar-refractivity contribution in [1.82, 2.24) is 9.80 Å². The number of benzene rings is 1. The van der Waals surface area contributed by atoms with Gasteiger partial charge in [-0.1, -0.05) is 0 Å². The predicted molar refractivity (Wildman–Crippen MR) is 91.7 cm³/mol. The Balaban J connectivity index is 1.35. The summed E-state index contributed by atoms with van der Waals surface area (Å²) in [5, 5.41) is 0. The van der Waals surface area contributed by atoms with Crippen molar-refractivity contribution in [2.45, 2.75) is 18.9 Å². The SMILES string of the molecule is O=C(c1ccc2c(c1)OCO2)N1CCN(C2CCS(=O)(=O)CC2)CC1. The lowest BCUT2D eigenvalue weighted by atomic mass is 10.1. The molecule has 136 valence electrons. The average molecular weight is 366 g/mol. The third-order valence-corrected chi connectivity index (χ3v) is 6.98. The van der Waals surface area contributed by atoms with E-state index in [0.717, 1.165) is 13.1 Å². The van der Waals surface area contributed by atoms with Gasteiger partial charge < -0.3 is 14.4 Å². The normalized spacial score (nSPS) is 23.6. The van der Waals surface area contributed by atoms with Gasteiger partial charge in [0.2, 0.25) is 6.79 Å². The maximum atomic E-state index is 12.7. The van der Waals surface area contributed by atoms with Crippen molar-refractivity contribution in [1.29, 1.82) is 0 Å². The van der Waals surface area contributed by atoms with Crippen molar-refractivity contribution in [2.24, 2.45) is 0 Å². The van der Waals surface area contributed by atoms with E-state index in [9.17, 15) is 13.2 Å². The van der Waals surface area contributed by atoms with E-state index in [1.54, 1.807) is 18.2 Å². The van der Waals surface area contributed by atoms with Crippen molar-refractivity contribution in [3.63, 3.8) is 0 Å². The van der Waals surface area contributed by atoms with Crippen LogP contribution in [0, 0.1) is 0 Å². The fourth-order valence-corrected chi connectivity index (χ4v) is 5.21. The van der Waals surface area contributed by atoms with Crippen LogP contribution in [0.4, 0.5) is 0 Å². The monoisotopic (exact) mass is 366 g/mol. The number of hydrogen-bond acceptors (Lipinski definition) is 6. The first kappa shape index (κ1) is 16.7. The molecule has 0 radical (unpaired) electrons. The van der Waals surface area contributed by atoms with Crippen molar-refractivity contribution >= 4 is 15.7 Å². The molecule has 0 N–H and O–H groups in total. The Hall–Kier alpha value is -1.80. The lowest BCUT2D eigenvalue weighted by Gasteiger charge is -2.40. The first-order chi connectivity index (χ1) is 12.0. The fraction of sp³-hybridized carbons (Fsp3) is 0.588. The van der Waals surface area contributed by atoms with Crippen LogP contribution in [-0.2, 0) is 9.84 Å². The Labute approximate surface area is 147 Å². The van der Waals surface area contributed by atoms with E-state index in [1.807, 2.05) is 4.90 Å². The molecule has 0 aliphatic carbocycles. The zero-order valence-electron chi connectivity index (χ0n) is 14.0. The molecule has 1 aromatic rings.